The van der Waals surface area contributed by atoms with Crippen LogP contribution in [0.25, 0.3) is 0 Å². The predicted molar refractivity (Wildman–Crippen MR) is 81.5 cm³/mol. The molecule has 0 aliphatic heterocycles. The minimum absolute atomic E-state index is 0.221. The van der Waals surface area contributed by atoms with Crippen molar-refractivity contribution >= 4 is 11.6 Å². The quantitative estimate of drug-likeness (QED) is 0.866. The van der Waals surface area contributed by atoms with Crippen molar-refractivity contribution in [2.75, 3.05) is 24.5 Å². The summed E-state index contributed by atoms with van der Waals surface area (Å²) < 4.78 is 0. The van der Waals surface area contributed by atoms with Gasteiger partial charge in [0.25, 0.3) is 0 Å². The lowest BCUT2D eigenvalue weighted by Crippen LogP contribution is -2.40. The summed E-state index contributed by atoms with van der Waals surface area (Å²) in [6.45, 7) is 9.56. The van der Waals surface area contributed by atoms with Gasteiger partial charge in [-0.15, -0.1) is 0 Å². The molecule has 0 heterocycles. The van der Waals surface area contributed by atoms with Crippen LogP contribution in [0.1, 0.15) is 26.3 Å². The second-order valence-corrected chi connectivity index (χ2v) is 5.36. The van der Waals surface area contributed by atoms with E-state index in [9.17, 15) is 4.79 Å². The first-order chi connectivity index (χ1) is 9.42. The highest BCUT2D eigenvalue weighted by Gasteiger charge is 2.26. The molecule has 4 nitrogen and oxygen atoms in total. The number of nitrogens with zero attached hydrogens (tertiary/aromatic N) is 2. The normalized spacial score (nSPS) is 10.8. The van der Waals surface area contributed by atoms with E-state index < -0.39 is 5.41 Å². The zero-order valence-electron chi connectivity index (χ0n) is 12.7. The van der Waals surface area contributed by atoms with Gasteiger partial charge in [-0.2, -0.15) is 5.26 Å². The van der Waals surface area contributed by atoms with E-state index >= 15 is 0 Å². The fraction of sp³-hybridized carbons (Fsp3) is 0.500. The third-order valence-electron chi connectivity index (χ3n) is 3.35. The molecule has 1 amide bonds. The van der Waals surface area contributed by atoms with Crippen LogP contribution < -0.4 is 10.2 Å². The SMILES string of the molecule is CCN(CCNC(=O)C(C)(C)C#N)c1ccccc1C. The van der Waals surface area contributed by atoms with Crippen LogP contribution >= 0.6 is 0 Å². The van der Waals surface area contributed by atoms with Gasteiger partial charge >= 0.3 is 0 Å². The van der Waals surface area contributed by atoms with Crippen molar-refractivity contribution in [3.8, 4) is 6.07 Å². The Morgan fingerprint density at radius 1 is 1.40 bits per heavy atom. The molecule has 108 valence electrons. The highest BCUT2D eigenvalue weighted by atomic mass is 16.2. The number of carbonyl (C=O) groups is 1. The molecule has 20 heavy (non-hydrogen) atoms. The van der Waals surface area contributed by atoms with Crippen molar-refractivity contribution in [2.45, 2.75) is 27.7 Å². The average Bonchev–Trinajstić information content (AvgIpc) is 2.44. The van der Waals surface area contributed by atoms with Crippen LogP contribution in [-0.2, 0) is 4.79 Å². The molecule has 1 rings (SSSR count). The van der Waals surface area contributed by atoms with E-state index in [1.165, 1.54) is 11.3 Å². The van der Waals surface area contributed by atoms with E-state index in [2.05, 4.69) is 36.2 Å². The molecule has 0 radical (unpaired) electrons. The van der Waals surface area contributed by atoms with E-state index in [1.807, 2.05) is 18.2 Å². The molecule has 4 heteroatoms. The van der Waals surface area contributed by atoms with Gasteiger partial charge in [0.1, 0.15) is 5.41 Å². The predicted octanol–water partition coefficient (Wildman–Crippen LogP) is 2.49. The summed E-state index contributed by atoms with van der Waals surface area (Å²) in [6.07, 6.45) is 0. The Kier molecular flexibility index (Phi) is 5.57. The van der Waals surface area contributed by atoms with Gasteiger partial charge < -0.3 is 10.2 Å². The molecule has 0 bridgehead atoms. The van der Waals surface area contributed by atoms with Gasteiger partial charge in [0.2, 0.25) is 5.91 Å². The van der Waals surface area contributed by atoms with Crippen LogP contribution in [0.15, 0.2) is 24.3 Å². The Bertz CT molecular complexity index is 503. The van der Waals surface area contributed by atoms with Crippen molar-refractivity contribution in [3.63, 3.8) is 0 Å². The number of carbonyl (C=O) groups excluding carboxylic acids is 1. The number of aryl methyl sites for hydroxylation is 1. The molecule has 1 N–H and O–H groups in total. The number of likely N-dealkylation sites (N-methyl/N-ethyl adjacent to an activating group) is 1. The average molecular weight is 273 g/mol. The van der Waals surface area contributed by atoms with Crippen molar-refractivity contribution in [3.05, 3.63) is 29.8 Å². The van der Waals surface area contributed by atoms with Crippen LogP contribution in [0.4, 0.5) is 5.69 Å². The Morgan fingerprint density at radius 3 is 2.60 bits per heavy atom. The lowest BCUT2D eigenvalue weighted by molar-refractivity contribution is -0.126. The number of hydrogen-bond donors (Lipinski definition) is 1. The number of anilines is 1. The molecule has 0 saturated heterocycles. The number of hydrogen-bond acceptors (Lipinski definition) is 3. The van der Waals surface area contributed by atoms with E-state index in [0.717, 1.165) is 13.1 Å². The lowest BCUT2D eigenvalue weighted by atomic mass is 9.95. The summed E-state index contributed by atoms with van der Waals surface area (Å²) in [4.78, 5) is 14.0. The Hall–Kier alpha value is -2.02. The fourth-order valence-corrected chi connectivity index (χ4v) is 1.94. The molecular formula is C16H23N3O. The van der Waals surface area contributed by atoms with Gasteiger partial charge in [0.05, 0.1) is 6.07 Å². The second-order valence-electron chi connectivity index (χ2n) is 5.36. The largest absolute Gasteiger partial charge is 0.370 e. The molecule has 0 aliphatic rings. The summed E-state index contributed by atoms with van der Waals surface area (Å²) in [5.41, 5.74) is 1.43. The first kappa shape index (κ1) is 16.0. The van der Waals surface area contributed by atoms with Crippen LogP contribution in [0.5, 0.6) is 0 Å². The number of nitriles is 1. The molecule has 0 saturated carbocycles. The summed E-state index contributed by atoms with van der Waals surface area (Å²) in [5.74, 6) is -0.221. The summed E-state index contributed by atoms with van der Waals surface area (Å²) in [7, 11) is 0. The standard InChI is InChI=1S/C16H23N3O/c1-5-19(14-9-7-6-8-13(14)2)11-10-18-15(20)16(3,4)12-17/h6-9H,5,10-11H2,1-4H3,(H,18,20). The van der Waals surface area contributed by atoms with Crippen molar-refractivity contribution in [1.82, 2.24) is 5.32 Å². The zero-order valence-corrected chi connectivity index (χ0v) is 12.7. The molecule has 0 spiro atoms. The third-order valence-corrected chi connectivity index (χ3v) is 3.35. The number of benzene rings is 1. The molecular weight excluding hydrogens is 250 g/mol. The molecule has 0 fully saturated rings. The van der Waals surface area contributed by atoms with E-state index in [-0.39, 0.29) is 5.91 Å². The molecule has 0 aromatic heterocycles. The van der Waals surface area contributed by atoms with Crippen molar-refractivity contribution < 1.29 is 4.79 Å². The highest BCUT2D eigenvalue weighted by Crippen LogP contribution is 2.18. The maximum absolute atomic E-state index is 11.8. The van der Waals surface area contributed by atoms with Gasteiger partial charge in [0.15, 0.2) is 0 Å². The van der Waals surface area contributed by atoms with Crippen LogP contribution in [0, 0.1) is 23.7 Å². The van der Waals surface area contributed by atoms with Crippen LogP contribution in [0.3, 0.4) is 0 Å². The molecule has 0 atom stereocenters. The number of rotatable bonds is 6. The van der Waals surface area contributed by atoms with Gasteiger partial charge in [-0.1, -0.05) is 18.2 Å². The molecule has 1 aromatic rings. The minimum atomic E-state index is -0.973. The van der Waals surface area contributed by atoms with Crippen LogP contribution in [0.2, 0.25) is 0 Å². The number of para-hydroxylation sites is 1. The van der Waals surface area contributed by atoms with Gasteiger partial charge in [-0.3, -0.25) is 4.79 Å². The molecule has 1 aromatic carbocycles. The van der Waals surface area contributed by atoms with Gasteiger partial charge in [-0.05, 0) is 39.3 Å². The molecule has 0 unspecified atom stereocenters. The fourth-order valence-electron chi connectivity index (χ4n) is 1.94. The maximum Gasteiger partial charge on any atom is 0.239 e. The monoisotopic (exact) mass is 273 g/mol. The van der Waals surface area contributed by atoms with E-state index in [4.69, 9.17) is 5.26 Å². The third kappa shape index (κ3) is 3.99. The van der Waals surface area contributed by atoms with E-state index in [0.29, 0.717) is 6.54 Å². The Balaban J connectivity index is 2.58. The maximum atomic E-state index is 11.8. The smallest absolute Gasteiger partial charge is 0.239 e. The first-order valence-electron chi connectivity index (χ1n) is 6.92. The Labute approximate surface area is 121 Å². The summed E-state index contributed by atoms with van der Waals surface area (Å²) in [5, 5.41) is 11.7. The first-order valence-corrected chi connectivity index (χ1v) is 6.92. The topological polar surface area (TPSA) is 56.1 Å². The highest BCUT2D eigenvalue weighted by molar-refractivity contribution is 5.84. The number of nitrogens with one attached hydrogen (secondary N) is 1. The van der Waals surface area contributed by atoms with Gasteiger partial charge in [0, 0.05) is 25.3 Å². The second kappa shape index (κ2) is 6.95. The summed E-state index contributed by atoms with van der Waals surface area (Å²) in [6, 6.07) is 10.2. The molecule has 0 aliphatic carbocycles. The Morgan fingerprint density at radius 2 is 2.05 bits per heavy atom. The van der Waals surface area contributed by atoms with Crippen LogP contribution in [-0.4, -0.2) is 25.5 Å². The lowest BCUT2D eigenvalue weighted by Gasteiger charge is -2.25. The zero-order chi connectivity index (χ0) is 15.2. The van der Waals surface area contributed by atoms with Crippen molar-refractivity contribution in [2.24, 2.45) is 5.41 Å². The number of amides is 1. The van der Waals surface area contributed by atoms with Crippen molar-refractivity contribution in [1.29, 1.82) is 5.26 Å². The minimum Gasteiger partial charge on any atom is -0.370 e. The van der Waals surface area contributed by atoms with Gasteiger partial charge in [-0.25, -0.2) is 0 Å². The van der Waals surface area contributed by atoms with E-state index in [1.54, 1.807) is 13.8 Å². The summed E-state index contributed by atoms with van der Waals surface area (Å²) >= 11 is 0.